The molecule has 0 radical (unpaired) electrons. The third-order valence-corrected chi connectivity index (χ3v) is 4.45. The summed E-state index contributed by atoms with van der Waals surface area (Å²) >= 11 is 1.73. The van der Waals surface area contributed by atoms with Crippen LogP contribution in [0.4, 0.5) is 0 Å². The van der Waals surface area contributed by atoms with Gasteiger partial charge in [0.1, 0.15) is 6.04 Å². The number of hydrogen-bond donors (Lipinski definition) is 1. The predicted molar refractivity (Wildman–Crippen MR) is 69.3 cm³/mol. The van der Waals surface area contributed by atoms with E-state index in [9.17, 15) is 9.90 Å². The zero-order chi connectivity index (χ0) is 12.4. The number of likely N-dealkylation sites (N-methyl/N-ethyl adjacent to an activating group) is 1. The molecule has 2 unspecified atom stereocenters. The monoisotopic (exact) mass is 253 g/mol. The fourth-order valence-corrected chi connectivity index (χ4v) is 3.44. The van der Waals surface area contributed by atoms with Gasteiger partial charge in [0.15, 0.2) is 0 Å². The van der Waals surface area contributed by atoms with E-state index in [0.29, 0.717) is 12.3 Å². The highest BCUT2D eigenvalue weighted by Gasteiger charge is 2.39. The van der Waals surface area contributed by atoms with Crippen molar-refractivity contribution >= 4 is 17.3 Å². The summed E-state index contributed by atoms with van der Waals surface area (Å²) in [5, 5.41) is 11.3. The molecule has 1 aliphatic carbocycles. The van der Waals surface area contributed by atoms with Gasteiger partial charge < -0.3 is 5.11 Å². The van der Waals surface area contributed by atoms with Crippen LogP contribution >= 0.6 is 11.3 Å². The molecule has 0 saturated heterocycles. The molecule has 4 heteroatoms. The Hall–Kier alpha value is -0.870. The summed E-state index contributed by atoms with van der Waals surface area (Å²) in [6.07, 6.45) is 3.10. The minimum Gasteiger partial charge on any atom is -0.480 e. The molecular weight excluding hydrogens is 234 g/mol. The van der Waals surface area contributed by atoms with Crippen molar-refractivity contribution < 1.29 is 9.90 Å². The molecule has 0 spiro atoms. The van der Waals surface area contributed by atoms with Crippen LogP contribution in [0.1, 0.15) is 37.1 Å². The van der Waals surface area contributed by atoms with E-state index in [1.54, 1.807) is 11.3 Å². The summed E-state index contributed by atoms with van der Waals surface area (Å²) in [5.74, 6) is -0.0655. The van der Waals surface area contributed by atoms with Crippen LogP contribution in [0.3, 0.4) is 0 Å². The number of carboxylic acid groups (broad SMARTS) is 1. The van der Waals surface area contributed by atoms with Gasteiger partial charge in [0.25, 0.3) is 0 Å². The van der Waals surface area contributed by atoms with Gasteiger partial charge in [0, 0.05) is 10.9 Å². The molecule has 3 nitrogen and oxygen atoms in total. The van der Waals surface area contributed by atoms with Crippen molar-refractivity contribution in [2.24, 2.45) is 5.92 Å². The van der Waals surface area contributed by atoms with E-state index in [1.807, 2.05) is 24.9 Å². The first-order valence-electron chi connectivity index (χ1n) is 6.13. The van der Waals surface area contributed by atoms with Crippen molar-refractivity contribution in [3.63, 3.8) is 0 Å². The van der Waals surface area contributed by atoms with Gasteiger partial charge in [-0.25, -0.2) is 0 Å². The quantitative estimate of drug-likeness (QED) is 0.847. The van der Waals surface area contributed by atoms with Gasteiger partial charge in [0.2, 0.25) is 0 Å². The summed E-state index contributed by atoms with van der Waals surface area (Å²) in [4.78, 5) is 14.6. The van der Waals surface area contributed by atoms with Crippen molar-refractivity contribution in [3.8, 4) is 0 Å². The Morgan fingerprint density at radius 1 is 1.65 bits per heavy atom. The van der Waals surface area contributed by atoms with E-state index in [1.165, 1.54) is 17.7 Å². The van der Waals surface area contributed by atoms with Gasteiger partial charge in [-0.3, -0.25) is 9.69 Å². The molecule has 1 N–H and O–H groups in total. The number of thiophene rings is 1. The average Bonchev–Trinajstić information content (AvgIpc) is 2.94. The van der Waals surface area contributed by atoms with E-state index in [0.717, 1.165) is 0 Å². The highest BCUT2D eigenvalue weighted by atomic mass is 32.1. The van der Waals surface area contributed by atoms with Crippen LogP contribution in [0.5, 0.6) is 0 Å². The molecule has 94 valence electrons. The Morgan fingerprint density at radius 3 is 2.76 bits per heavy atom. The van der Waals surface area contributed by atoms with Crippen LogP contribution < -0.4 is 0 Å². The molecule has 0 bridgehead atoms. The molecule has 2 atom stereocenters. The second-order valence-electron chi connectivity index (χ2n) is 4.73. The third-order valence-electron chi connectivity index (χ3n) is 3.51. The SMILES string of the molecule is CCC(C(=O)O)N(C)C(c1cccs1)C1CC1. The Bertz CT molecular complexity index is 373. The smallest absolute Gasteiger partial charge is 0.320 e. The Kier molecular flexibility index (Phi) is 3.84. The lowest BCUT2D eigenvalue weighted by Crippen LogP contribution is -2.40. The van der Waals surface area contributed by atoms with Gasteiger partial charge in [0.05, 0.1) is 0 Å². The summed E-state index contributed by atoms with van der Waals surface area (Å²) in [6.45, 7) is 1.94. The van der Waals surface area contributed by atoms with Gasteiger partial charge in [-0.05, 0) is 43.7 Å². The zero-order valence-electron chi connectivity index (χ0n) is 10.3. The van der Waals surface area contributed by atoms with E-state index < -0.39 is 5.97 Å². The van der Waals surface area contributed by atoms with Crippen LogP contribution in [0.15, 0.2) is 17.5 Å². The fourth-order valence-electron chi connectivity index (χ4n) is 2.47. The number of nitrogens with zero attached hydrogens (tertiary/aromatic N) is 1. The van der Waals surface area contributed by atoms with E-state index in [-0.39, 0.29) is 12.1 Å². The average molecular weight is 253 g/mol. The number of hydrogen-bond acceptors (Lipinski definition) is 3. The topological polar surface area (TPSA) is 40.5 Å². The minimum atomic E-state index is -0.711. The summed E-state index contributed by atoms with van der Waals surface area (Å²) in [7, 11) is 1.95. The summed E-state index contributed by atoms with van der Waals surface area (Å²) in [6, 6.07) is 4.09. The molecule has 1 aromatic rings. The standard InChI is InChI=1S/C13H19NO2S/c1-3-10(13(15)16)14(2)12(9-6-7-9)11-5-4-8-17-11/h4-5,8-10,12H,3,6-7H2,1-2H3,(H,15,16). The van der Waals surface area contributed by atoms with Crippen molar-refractivity contribution in [1.82, 2.24) is 4.90 Å². The molecule has 1 aromatic heterocycles. The normalized spacial score (nSPS) is 19.2. The minimum absolute atomic E-state index is 0.288. The number of rotatable bonds is 6. The summed E-state index contributed by atoms with van der Waals surface area (Å²) in [5.41, 5.74) is 0. The van der Waals surface area contributed by atoms with Crippen molar-refractivity contribution in [3.05, 3.63) is 22.4 Å². The van der Waals surface area contributed by atoms with Gasteiger partial charge in [-0.2, -0.15) is 0 Å². The maximum atomic E-state index is 11.3. The maximum absolute atomic E-state index is 11.3. The molecule has 0 amide bonds. The van der Waals surface area contributed by atoms with Gasteiger partial charge >= 0.3 is 5.97 Å². The Labute approximate surface area is 106 Å². The fraction of sp³-hybridized carbons (Fsp3) is 0.615. The lowest BCUT2D eigenvalue weighted by Gasteiger charge is -2.32. The molecule has 1 aliphatic rings. The predicted octanol–water partition coefficient (Wildman–Crippen LogP) is 2.99. The maximum Gasteiger partial charge on any atom is 0.320 e. The van der Waals surface area contributed by atoms with E-state index >= 15 is 0 Å². The first kappa shape index (κ1) is 12.6. The number of carboxylic acids is 1. The van der Waals surface area contributed by atoms with Crippen LogP contribution in [0.25, 0.3) is 0 Å². The lowest BCUT2D eigenvalue weighted by atomic mass is 10.1. The first-order chi connectivity index (χ1) is 8.15. The lowest BCUT2D eigenvalue weighted by molar-refractivity contribution is -0.144. The first-order valence-corrected chi connectivity index (χ1v) is 7.01. The van der Waals surface area contributed by atoms with Crippen LogP contribution in [0, 0.1) is 5.92 Å². The summed E-state index contributed by atoms with van der Waals surface area (Å²) < 4.78 is 0. The second-order valence-corrected chi connectivity index (χ2v) is 5.70. The molecule has 0 aliphatic heterocycles. The molecular formula is C13H19NO2S. The van der Waals surface area contributed by atoms with Gasteiger partial charge in [-0.1, -0.05) is 13.0 Å². The molecule has 1 heterocycles. The largest absolute Gasteiger partial charge is 0.480 e. The molecule has 0 aromatic carbocycles. The van der Waals surface area contributed by atoms with Crippen molar-refractivity contribution in [2.45, 2.75) is 38.3 Å². The Balaban J connectivity index is 2.18. The van der Waals surface area contributed by atoms with Crippen LogP contribution in [-0.2, 0) is 4.79 Å². The second kappa shape index (κ2) is 5.19. The van der Waals surface area contributed by atoms with Gasteiger partial charge in [-0.15, -0.1) is 11.3 Å². The molecule has 1 saturated carbocycles. The zero-order valence-corrected chi connectivity index (χ0v) is 11.1. The molecule has 1 fully saturated rings. The van der Waals surface area contributed by atoms with E-state index in [4.69, 9.17) is 0 Å². The Morgan fingerprint density at radius 2 is 2.35 bits per heavy atom. The number of aliphatic carboxylic acids is 1. The van der Waals surface area contributed by atoms with Crippen molar-refractivity contribution in [1.29, 1.82) is 0 Å². The highest BCUT2D eigenvalue weighted by molar-refractivity contribution is 7.10. The molecule has 17 heavy (non-hydrogen) atoms. The van der Waals surface area contributed by atoms with Crippen molar-refractivity contribution in [2.75, 3.05) is 7.05 Å². The molecule has 2 rings (SSSR count). The van der Waals surface area contributed by atoms with Crippen LogP contribution in [0.2, 0.25) is 0 Å². The third kappa shape index (κ3) is 2.69. The highest BCUT2D eigenvalue weighted by Crippen LogP contribution is 2.46. The van der Waals surface area contributed by atoms with Crippen LogP contribution in [-0.4, -0.2) is 29.1 Å². The van der Waals surface area contributed by atoms with E-state index in [2.05, 4.69) is 11.4 Å². The number of carbonyl (C=O) groups is 1.